The number of likely N-dealkylation sites (N-methyl/N-ethyl adjacent to an activating group) is 1. The number of ether oxygens (including phenoxy) is 1. The van der Waals surface area contributed by atoms with Crippen molar-refractivity contribution in [3.05, 3.63) is 41.5 Å². The second-order valence-corrected chi connectivity index (χ2v) is 4.31. The predicted octanol–water partition coefficient (Wildman–Crippen LogP) is 0.855. The minimum absolute atomic E-state index is 0.393. The fourth-order valence-corrected chi connectivity index (χ4v) is 2.08. The second-order valence-electron chi connectivity index (χ2n) is 4.31. The van der Waals surface area contributed by atoms with E-state index in [4.69, 9.17) is 4.74 Å². The normalized spacial score (nSPS) is 18.3. The third-order valence-electron chi connectivity index (χ3n) is 3.03. The van der Waals surface area contributed by atoms with Gasteiger partial charge < -0.3 is 9.84 Å². The van der Waals surface area contributed by atoms with Gasteiger partial charge in [0, 0.05) is 18.1 Å². The molecule has 0 radical (unpaired) electrons. The van der Waals surface area contributed by atoms with E-state index in [0.717, 1.165) is 0 Å². The summed E-state index contributed by atoms with van der Waals surface area (Å²) in [5.74, 6) is 0.700. The van der Waals surface area contributed by atoms with Crippen LogP contribution in [-0.2, 0) is 9.53 Å². The maximum absolute atomic E-state index is 11.2. The van der Waals surface area contributed by atoms with Gasteiger partial charge in [0.1, 0.15) is 5.76 Å². The van der Waals surface area contributed by atoms with E-state index >= 15 is 0 Å². The van der Waals surface area contributed by atoms with Crippen molar-refractivity contribution in [2.75, 3.05) is 14.1 Å². The molecule has 2 rings (SSSR count). The summed E-state index contributed by atoms with van der Waals surface area (Å²) < 4.78 is 6.93. The highest BCUT2D eigenvalue weighted by Crippen LogP contribution is 2.28. The summed E-state index contributed by atoms with van der Waals surface area (Å²) in [4.78, 5) is 11.2. The van der Waals surface area contributed by atoms with Crippen LogP contribution in [0.4, 0.5) is 0 Å². The SMILES string of the molecule is CNC1=[N+](C)C(O)c2ccccc2C(OC(C)=O)=C1. The molecule has 1 aromatic carbocycles. The minimum atomic E-state index is -0.803. The second kappa shape index (κ2) is 5.24. The number of benzene rings is 1. The Morgan fingerprint density at radius 3 is 2.74 bits per heavy atom. The highest BCUT2D eigenvalue weighted by molar-refractivity contribution is 5.97. The van der Waals surface area contributed by atoms with Gasteiger partial charge in [0.2, 0.25) is 6.23 Å². The summed E-state index contributed by atoms with van der Waals surface area (Å²) in [5.41, 5.74) is 1.41. The lowest BCUT2D eigenvalue weighted by molar-refractivity contribution is -0.593. The lowest BCUT2D eigenvalue weighted by Gasteiger charge is -2.13. The summed E-state index contributed by atoms with van der Waals surface area (Å²) in [6, 6.07) is 7.31. The Hall–Kier alpha value is -2.14. The molecule has 5 nitrogen and oxygen atoms in total. The van der Waals surface area contributed by atoms with Gasteiger partial charge in [-0.1, -0.05) is 24.3 Å². The van der Waals surface area contributed by atoms with Crippen LogP contribution in [0.2, 0.25) is 0 Å². The van der Waals surface area contributed by atoms with Crippen LogP contribution in [0.25, 0.3) is 5.76 Å². The van der Waals surface area contributed by atoms with Gasteiger partial charge in [-0.05, 0) is 0 Å². The summed E-state index contributed by atoms with van der Waals surface area (Å²) in [5, 5.41) is 13.3. The molecule has 1 atom stereocenters. The Morgan fingerprint density at radius 2 is 2.11 bits per heavy atom. The Labute approximate surface area is 111 Å². The van der Waals surface area contributed by atoms with Gasteiger partial charge >= 0.3 is 5.97 Å². The number of amidine groups is 1. The van der Waals surface area contributed by atoms with Crippen molar-refractivity contribution in [3.8, 4) is 0 Å². The third kappa shape index (κ3) is 2.51. The van der Waals surface area contributed by atoms with Crippen molar-refractivity contribution < 1.29 is 19.2 Å². The number of hydrogen-bond acceptors (Lipinski definition) is 4. The number of carbonyl (C=O) groups is 1. The Kier molecular flexibility index (Phi) is 3.66. The molecule has 0 bridgehead atoms. The van der Waals surface area contributed by atoms with E-state index in [1.165, 1.54) is 6.92 Å². The summed E-state index contributed by atoms with van der Waals surface area (Å²) in [7, 11) is 3.51. The molecule has 100 valence electrons. The van der Waals surface area contributed by atoms with Gasteiger partial charge in [0.15, 0.2) is 0 Å². The van der Waals surface area contributed by atoms with E-state index in [2.05, 4.69) is 5.32 Å². The smallest absolute Gasteiger partial charge is 0.308 e. The Balaban J connectivity index is 2.63. The molecule has 0 saturated carbocycles. The number of nitrogens with zero attached hydrogens (tertiary/aromatic N) is 1. The zero-order chi connectivity index (χ0) is 14.0. The van der Waals surface area contributed by atoms with Crippen LogP contribution in [0.3, 0.4) is 0 Å². The molecule has 1 aliphatic heterocycles. The van der Waals surface area contributed by atoms with Crippen LogP contribution in [0.1, 0.15) is 24.3 Å². The Bertz CT molecular complexity index is 576. The van der Waals surface area contributed by atoms with Crippen LogP contribution in [0.5, 0.6) is 0 Å². The molecule has 19 heavy (non-hydrogen) atoms. The maximum atomic E-state index is 11.2. The first-order valence-corrected chi connectivity index (χ1v) is 5.99. The molecule has 0 aliphatic carbocycles. The number of fused-ring (bicyclic) bond motifs is 1. The van der Waals surface area contributed by atoms with Crippen molar-refractivity contribution in [1.82, 2.24) is 5.32 Å². The summed E-state index contributed by atoms with van der Waals surface area (Å²) in [6.45, 7) is 1.35. The van der Waals surface area contributed by atoms with Gasteiger partial charge in [0.05, 0.1) is 20.2 Å². The quantitative estimate of drug-likeness (QED) is 0.581. The predicted molar refractivity (Wildman–Crippen MR) is 71.4 cm³/mol. The molecule has 0 saturated heterocycles. The highest BCUT2D eigenvalue weighted by atomic mass is 16.5. The number of carbonyl (C=O) groups excluding carboxylic acids is 1. The van der Waals surface area contributed by atoms with Crippen LogP contribution in [-0.4, -0.2) is 35.6 Å². The molecular weight excluding hydrogens is 244 g/mol. The van der Waals surface area contributed by atoms with E-state index in [9.17, 15) is 9.90 Å². The van der Waals surface area contributed by atoms with Gasteiger partial charge in [-0.2, -0.15) is 0 Å². The fraction of sp³-hybridized carbons (Fsp3) is 0.286. The van der Waals surface area contributed by atoms with E-state index in [-0.39, 0.29) is 0 Å². The van der Waals surface area contributed by atoms with Gasteiger partial charge in [-0.25, -0.2) is 4.58 Å². The zero-order valence-electron chi connectivity index (χ0n) is 11.2. The number of nitrogens with one attached hydrogen (secondary N) is 1. The molecular formula is C14H17N2O3+. The van der Waals surface area contributed by atoms with Crippen molar-refractivity contribution in [2.24, 2.45) is 0 Å². The van der Waals surface area contributed by atoms with Crippen LogP contribution in [0.15, 0.2) is 30.3 Å². The molecule has 1 aromatic rings. The van der Waals surface area contributed by atoms with Gasteiger partial charge in [-0.3, -0.25) is 10.1 Å². The van der Waals surface area contributed by atoms with Crippen molar-refractivity contribution in [1.29, 1.82) is 0 Å². The molecule has 0 aromatic heterocycles. The van der Waals surface area contributed by atoms with Crippen molar-refractivity contribution in [3.63, 3.8) is 0 Å². The molecule has 5 heteroatoms. The standard InChI is InChI=1S/C14H16N2O3/c1-9(17)19-12-8-13(15-2)16(3)14(18)11-7-5-4-6-10(11)12/h4-8,14,18H,1-3H3/p+1. The van der Waals surface area contributed by atoms with E-state index < -0.39 is 12.2 Å². The molecule has 0 fully saturated rings. The lowest BCUT2D eigenvalue weighted by atomic mass is 10.0. The van der Waals surface area contributed by atoms with Gasteiger partial charge in [-0.15, -0.1) is 0 Å². The molecule has 1 aliphatic rings. The van der Waals surface area contributed by atoms with Gasteiger partial charge in [0.25, 0.3) is 5.84 Å². The monoisotopic (exact) mass is 261 g/mol. The largest absolute Gasteiger partial charge is 0.426 e. The summed E-state index contributed by atoms with van der Waals surface area (Å²) in [6.07, 6.45) is 0.902. The first kappa shape index (κ1) is 13.3. The van der Waals surface area contributed by atoms with Crippen LogP contribution < -0.4 is 5.32 Å². The minimum Gasteiger partial charge on any atom is -0.426 e. The molecule has 0 amide bonds. The van der Waals surface area contributed by atoms with Crippen LogP contribution >= 0.6 is 0 Å². The number of aliphatic hydroxyl groups is 1. The molecule has 2 N–H and O–H groups in total. The average molecular weight is 261 g/mol. The summed E-state index contributed by atoms with van der Waals surface area (Å²) >= 11 is 0. The third-order valence-corrected chi connectivity index (χ3v) is 3.03. The Morgan fingerprint density at radius 1 is 1.42 bits per heavy atom. The molecule has 1 heterocycles. The van der Waals surface area contributed by atoms with Crippen molar-refractivity contribution >= 4 is 17.6 Å². The molecule has 1 unspecified atom stereocenters. The number of rotatable bonds is 1. The lowest BCUT2D eigenvalue weighted by Crippen LogP contribution is -2.29. The topological polar surface area (TPSA) is 61.6 Å². The van der Waals surface area contributed by atoms with E-state index in [1.54, 1.807) is 24.7 Å². The zero-order valence-corrected chi connectivity index (χ0v) is 11.2. The highest BCUT2D eigenvalue weighted by Gasteiger charge is 2.26. The van der Waals surface area contributed by atoms with Crippen LogP contribution in [0, 0.1) is 0 Å². The average Bonchev–Trinajstić information content (AvgIpc) is 2.49. The molecule has 0 spiro atoms. The number of hydrogen-bond donors (Lipinski definition) is 2. The van der Waals surface area contributed by atoms with E-state index in [0.29, 0.717) is 22.7 Å². The number of esters is 1. The van der Waals surface area contributed by atoms with E-state index in [1.807, 2.05) is 24.3 Å². The first-order chi connectivity index (χ1) is 9.04. The maximum Gasteiger partial charge on any atom is 0.308 e. The number of aliphatic hydroxyl groups excluding tert-OH is 1. The first-order valence-electron chi connectivity index (χ1n) is 5.99. The fourth-order valence-electron chi connectivity index (χ4n) is 2.08. The van der Waals surface area contributed by atoms with Crippen molar-refractivity contribution in [2.45, 2.75) is 13.2 Å².